The van der Waals surface area contributed by atoms with Crippen LogP contribution in [-0.2, 0) is 0 Å². The van der Waals surface area contributed by atoms with E-state index in [-0.39, 0.29) is 0 Å². The molecule has 0 bridgehead atoms. The topological polar surface area (TPSA) is 38.7 Å². The van der Waals surface area contributed by atoms with Gasteiger partial charge in [-0.2, -0.15) is 0 Å². The van der Waals surface area contributed by atoms with Crippen molar-refractivity contribution in [1.29, 1.82) is 0 Å². The zero-order valence-electron chi connectivity index (χ0n) is 30.5. The van der Waals surface area contributed by atoms with Crippen molar-refractivity contribution in [2.45, 2.75) is 0 Å². The Morgan fingerprint density at radius 1 is 0.268 bits per heavy atom. The average molecular weight is 714 g/mol. The van der Waals surface area contributed by atoms with Crippen LogP contribution in [0.5, 0.6) is 0 Å². The number of hydrogen-bond donors (Lipinski definition) is 0. The first-order valence-corrected chi connectivity index (χ1v) is 18.9. The Balaban J connectivity index is 1.12. The molecule has 8 aromatic carbocycles. The van der Waals surface area contributed by atoms with Crippen LogP contribution in [0.3, 0.4) is 0 Å². The monoisotopic (exact) mass is 713 g/mol. The third-order valence-electron chi connectivity index (χ3n) is 10.5. The van der Waals surface area contributed by atoms with Gasteiger partial charge in [0.1, 0.15) is 0 Å². The predicted octanol–water partition coefficient (Wildman–Crippen LogP) is 13.8. The molecule has 0 saturated heterocycles. The molecule has 10 rings (SSSR count). The van der Waals surface area contributed by atoms with Crippen molar-refractivity contribution in [3.05, 3.63) is 212 Å². The van der Waals surface area contributed by atoms with E-state index < -0.39 is 0 Å². The van der Waals surface area contributed by atoms with Crippen LogP contribution in [0.25, 0.3) is 100 Å². The normalized spacial score (nSPS) is 11.2. The lowest BCUT2D eigenvalue weighted by Gasteiger charge is -2.15. The van der Waals surface area contributed by atoms with E-state index in [2.05, 4.69) is 188 Å². The Kier molecular flexibility index (Phi) is 8.51. The van der Waals surface area contributed by atoms with Gasteiger partial charge >= 0.3 is 0 Å². The SMILES string of the molecule is c1ccc(-c2cc(-c3ccccc3)cc(-c3cc(-c4ccc(-c5cccc6c(-c7ccccc7)nc7ccccc7c56)cc4)nc(-c4ccccc4)n3)c2)cc1. The molecule has 0 N–H and O–H groups in total. The van der Waals surface area contributed by atoms with E-state index in [4.69, 9.17) is 15.0 Å². The summed E-state index contributed by atoms with van der Waals surface area (Å²) >= 11 is 0. The zero-order valence-corrected chi connectivity index (χ0v) is 30.5. The molecule has 0 aliphatic rings. The molecule has 0 aliphatic carbocycles. The van der Waals surface area contributed by atoms with Gasteiger partial charge in [-0.1, -0.05) is 182 Å². The van der Waals surface area contributed by atoms with E-state index in [0.29, 0.717) is 5.82 Å². The number of fused-ring (bicyclic) bond motifs is 3. The minimum atomic E-state index is 0.690. The van der Waals surface area contributed by atoms with E-state index >= 15 is 0 Å². The Morgan fingerprint density at radius 2 is 0.750 bits per heavy atom. The molecule has 0 saturated carbocycles. The molecule has 0 amide bonds. The highest BCUT2D eigenvalue weighted by Crippen LogP contribution is 2.40. The molecule has 262 valence electrons. The van der Waals surface area contributed by atoms with Crippen molar-refractivity contribution in [1.82, 2.24) is 15.0 Å². The van der Waals surface area contributed by atoms with Crippen molar-refractivity contribution in [2.24, 2.45) is 0 Å². The Labute approximate surface area is 326 Å². The van der Waals surface area contributed by atoms with Crippen LogP contribution in [0.15, 0.2) is 212 Å². The van der Waals surface area contributed by atoms with Crippen LogP contribution < -0.4 is 0 Å². The average Bonchev–Trinajstić information content (AvgIpc) is 3.29. The number of hydrogen-bond acceptors (Lipinski definition) is 3. The van der Waals surface area contributed by atoms with Gasteiger partial charge in [-0.25, -0.2) is 15.0 Å². The Bertz CT molecular complexity index is 2920. The molecule has 0 aliphatic heterocycles. The van der Waals surface area contributed by atoms with Gasteiger partial charge in [-0.15, -0.1) is 0 Å². The summed E-state index contributed by atoms with van der Waals surface area (Å²) in [6.45, 7) is 0. The summed E-state index contributed by atoms with van der Waals surface area (Å²) in [5, 5.41) is 3.48. The van der Waals surface area contributed by atoms with Gasteiger partial charge in [0.15, 0.2) is 5.82 Å². The highest BCUT2D eigenvalue weighted by atomic mass is 14.9. The smallest absolute Gasteiger partial charge is 0.160 e. The number of pyridine rings is 1. The molecule has 0 radical (unpaired) electrons. The molecule has 3 heteroatoms. The number of benzene rings is 8. The minimum Gasteiger partial charge on any atom is -0.247 e. The fourth-order valence-corrected chi connectivity index (χ4v) is 7.71. The lowest BCUT2D eigenvalue weighted by atomic mass is 9.92. The summed E-state index contributed by atoms with van der Waals surface area (Å²) in [5.41, 5.74) is 14.8. The maximum absolute atomic E-state index is 5.21. The largest absolute Gasteiger partial charge is 0.247 e. The number of nitrogens with zero attached hydrogens (tertiary/aromatic N) is 3. The molecule has 0 unspecified atom stereocenters. The molecular weight excluding hydrogens is 679 g/mol. The lowest BCUT2D eigenvalue weighted by molar-refractivity contribution is 1.18. The fraction of sp³-hybridized carbons (Fsp3) is 0. The van der Waals surface area contributed by atoms with Crippen LogP contribution in [0, 0.1) is 0 Å². The maximum Gasteiger partial charge on any atom is 0.160 e. The third-order valence-corrected chi connectivity index (χ3v) is 10.5. The van der Waals surface area contributed by atoms with Crippen LogP contribution in [0.2, 0.25) is 0 Å². The fourth-order valence-electron chi connectivity index (χ4n) is 7.71. The summed E-state index contributed by atoms with van der Waals surface area (Å²) in [5.74, 6) is 0.690. The second-order valence-corrected chi connectivity index (χ2v) is 14.0. The number of aromatic nitrogens is 3. The molecule has 2 aromatic heterocycles. The minimum absolute atomic E-state index is 0.690. The van der Waals surface area contributed by atoms with Crippen molar-refractivity contribution in [3.8, 4) is 78.5 Å². The molecule has 0 spiro atoms. The van der Waals surface area contributed by atoms with Gasteiger partial charge in [-0.05, 0) is 63.7 Å². The number of para-hydroxylation sites is 1. The third kappa shape index (κ3) is 6.31. The van der Waals surface area contributed by atoms with Crippen LogP contribution in [0.4, 0.5) is 0 Å². The summed E-state index contributed by atoms with van der Waals surface area (Å²) in [6, 6.07) is 74.5. The standard InChI is InChI=1S/C53H35N3/c1-5-16-36(17-6-1)42-32-43(37-18-7-2-8-19-37)34-44(33-42)50-35-49(55-53(56-50)41-22-11-4-12-23-41)39-30-28-38(29-31-39)45-25-15-26-47-51(45)46-24-13-14-27-48(46)54-52(47)40-20-9-3-10-21-40/h1-35H. The summed E-state index contributed by atoms with van der Waals surface area (Å²) in [6.07, 6.45) is 0. The quantitative estimate of drug-likeness (QED) is 0.154. The molecule has 0 fully saturated rings. The second-order valence-electron chi connectivity index (χ2n) is 14.0. The second kappa shape index (κ2) is 14.4. The van der Waals surface area contributed by atoms with Crippen molar-refractivity contribution in [2.75, 3.05) is 0 Å². The van der Waals surface area contributed by atoms with Gasteiger partial charge in [0.05, 0.1) is 22.6 Å². The molecule has 0 atom stereocenters. The van der Waals surface area contributed by atoms with Crippen LogP contribution >= 0.6 is 0 Å². The van der Waals surface area contributed by atoms with Crippen LogP contribution in [0.1, 0.15) is 0 Å². The predicted molar refractivity (Wildman–Crippen MR) is 233 cm³/mol. The molecule has 2 heterocycles. The number of rotatable bonds is 7. The highest BCUT2D eigenvalue weighted by molar-refractivity contribution is 6.17. The van der Waals surface area contributed by atoms with Gasteiger partial charge < -0.3 is 0 Å². The summed E-state index contributed by atoms with van der Waals surface area (Å²) in [7, 11) is 0. The van der Waals surface area contributed by atoms with E-state index in [1.165, 1.54) is 10.9 Å². The molecule has 3 nitrogen and oxygen atoms in total. The Hall–Kier alpha value is -7.49. The van der Waals surface area contributed by atoms with Gasteiger partial charge in [0, 0.05) is 38.4 Å². The van der Waals surface area contributed by atoms with E-state index in [0.717, 1.165) is 83.4 Å². The first kappa shape index (κ1) is 33.1. The lowest BCUT2D eigenvalue weighted by Crippen LogP contribution is -1.96. The Morgan fingerprint density at radius 3 is 1.38 bits per heavy atom. The van der Waals surface area contributed by atoms with Crippen molar-refractivity contribution >= 4 is 21.7 Å². The molecule has 10 aromatic rings. The van der Waals surface area contributed by atoms with Crippen LogP contribution in [-0.4, -0.2) is 15.0 Å². The van der Waals surface area contributed by atoms with Gasteiger partial charge in [0.2, 0.25) is 0 Å². The zero-order chi connectivity index (χ0) is 37.3. The van der Waals surface area contributed by atoms with E-state index in [1.807, 2.05) is 24.3 Å². The first-order valence-electron chi connectivity index (χ1n) is 18.9. The van der Waals surface area contributed by atoms with E-state index in [9.17, 15) is 0 Å². The molecule has 56 heavy (non-hydrogen) atoms. The van der Waals surface area contributed by atoms with Gasteiger partial charge in [-0.3, -0.25) is 0 Å². The highest BCUT2D eigenvalue weighted by Gasteiger charge is 2.16. The summed E-state index contributed by atoms with van der Waals surface area (Å²) < 4.78 is 0. The first-order chi connectivity index (χ1) is 27.7. The van der Waals surface area contributed by atoms with E-state index in [1.54, 1.807) is 0 Å². The van der Waals surface area contributed by atoms with Crippen molar-refractivity contribution < 1.29 is 0 Å². The molecular formula is C53H35N3. The van der Waals surface area contributed by atoms with Gasteiger partial charge in [0.25, 0.3) is 0 Å². The maximum atomic E-state index is 5.21. The van der Waals surface area contributed by atoms with Crippen molar-refractivity contribution in [3.63, 3.8) is 0 Å². The summed E-state index contributed by atoms with van der Waals surface area (Å²) in [4.78, 5) is 15.6.